The fourth-order valence-electron chi connectivity index (χ4n) is 3.57. The van der Waals surface area contributed by atoms with Gasteiger partial charge in [0, 0.05) is 17.8 Å². The molecule has 0 spiro atoms. The van der Waals surface area contributed by atoms with E-state index in [9.17, 15) is 23.9 Å². The summed E-state index contributed by atoms with van der Waals surface area (Å²) in [5.74, 6) is -3.10. The van der Waals surface area contributed by atoms with Gasteiger partial charge in [0.1, 0.15) is 6.17 Å². The molecule has 0 saturated heterocycles. The Morgan fingerprint density at radius 2 is 1.66 bits per heavy atom. The van der Waals surface area contributed by atoms with E-state index < -0.39 is 42.5 Å². The minimum atomic E-state index is -2.18. The molecule has 2 atom stereocenters. The summed E-state index contributed by atoms with van der Waals surface area (Å²) >= 11 is 0. The van der Waals surface area contributed by atoms with Gasteiger partial charge in [-0.3, -0.25) is 14.5 Å². The Morgan fingerprint density at radius 3 is 2.17 bits per heavy atom. The highest BCUT2D eigenvalue weighted by molar-refractivity contribution is 6.23. The number of alkyl halides is 1. The van der Waals surface area contributed by atoms with Crippen molar-refractivity contribution >= 4 is 17.8 Å². The minimum absolute atomic E-state index is 0.0710. The van der Waals surface area contributed by atoms with Gasteiger partial charge in [-0.2, -0.15) is 0 Å². The van der Waals surface area contributed by atoms with Crippen LogP contribution in [-0.4, -0.2) is 46.0 Å². The number of nitrogens with zero attached hydrogens (tertiary/aromatic N) is 4. The monoisotopic (exact) mass is 396 g/mol. The molecule has 1 heterocycles. The number of halogens is 1. The normalized spacial score (nSPS) is 16.0. The van der Waals surface area contributed by atoms with Gasteiger partial charge >= 0.3 is 5.97 Å². The second kappa shape index (κ2) is 8.12. The molecule has 0 fully saturated rings. The van der Waals surface area contributed by atoms with Crippen LogP contribution < -0.4 is 0 Å². The third-order valence-electron chi connectivity index (χ3n) is 4.86. The number of amides is 2. The molecule has 0 saturated carbocycles. The van der Waals surface area contributed by atoms with Crippen molar-refractivity contribution in [3.05, 3.63) is 81.7 Å². The van der Waals surface area contributed by atoms with Crippen LogP contribution in [0.4, 0.5) is 4.39 Å². The Balaban J connectivity index is 2.11. The van der Waals surface area contributed by atoms with Crippen LogP contribution in [0.15, 0.2) is 59.7 Å². The number of carboxylic acid groups (broad SMARTS) is 1. The van der Waals surface area contributed by atoms with Gasteiger partial charge in [0.2, 0.25) is 0 Å². The van der Waals surface area contributed by atoms with Gasteiger partial charge in [0.05, 0.1) is 17.7 Å². The number of carbonyl (C=O) groups excluding carboxylic acids is 2. The van der Waals surface area contributed by atoms with Crippen molar-refractivity contribution in [3.63, 3.8) is 0 Å². The summed E-state index contributed by atoms with van der Waals surface area (Å²) in [6.45, 7) is -0.608. The topological polar surface area (TPSA) is 123 Å². The van der Waals surface area contributed by atoms with Crippen molar-refractivity contribution in [1.29, 1.82) is 0 Å². The van der Waals surface area contributed by atoms with Gasteiger partial charge in [-0.15, -0.1) is 0 Å². The molecule has 0 bridgehead atoms. The number of carboxylic acids is 1. The lowest BCUT2D eigenvalue weighted by Gasteiger charge is -2.37. The van der Waals surface area contributed by atoms with E-state index in [2.05, 4.69) is 10.0 Å². The highest BCUT2D eigenvalue weighted by Crippen LogP contribution is 2.36. The lowest BCUT2D eigenvalue weighted by molar-refractivity contribution is -0.149. The van der Waals surface area contributed by atoms with Crippen LogP contribution in [0.5, 0.6) is 0 Å². The van der Waals surface area contributed by atoms with Crippen LogP contribution in [0.3, 0.4) is 0 Å². The molecule has 3 rings (SSSR count). The highest BCUT2D eigenvalue weighted by atomic mass is 19.1. The lowest BCUT2D eigenvalue weighted by atomic mass is 9.83. The van der Waals surface area contributed by atoms with Crippen molar-refractivity contribution in [3.8, 4) is 0 Å². The number of fused-ring (bicyclic) bond motifs is 1. The third kappa shape index (κ3) is 3.68. The largest absolute Gasteiger partial charge is 0.479 e. The van der Waals surface area contributed by atoms with Crippen molar-refractivity contribution < 1.29 is 23.9 Å². The van der Waals surface area contributed by atoms with Crippen molar-refractivity contribution in [2.24, 2.45) is 5.11 Å². The number of hydrogen-bond acceptors (Lipinski definition) is 4. The number of hydrogen-bond donors (Lipinski definition) is 1. The molecular weight excluding hydrogens is 379 g/mol. The van der Waals surface area contributed by atoms with E-state index in [0.717, 1.165) is 0 Å². The molecular formula is C20H17FN4O4. The van der Waals surface area contributed by atoms with E-state index in [0.29, 0.717) is 10.5 Å². The second-order valence-corrected chi connectivity index (χ2v) is 6.71. The number of rotatable bonds is 8. The van der Waals surface area contributed by atoms with Gasteiger partial charge in [0.25, 0.3) is 11.8 Å². The molecule has 9 heteroatoms. The van der Waals surface area contributed by atoms with Crippen LogP contribution in [-0.2, 0) is 11.2 Å². The molecule has 8 nitrogen and oxygen atoms in total. The van der Waals surface area contributed by atoms with E-state index in [1.54, 1.807) is 42.5 Å². The average molecular weight is 396 g/mol. The van der Waals surface area contributed by atoms with Gasteiger partial charge in [-0.25, -0.2) is 9.18 Å². The standard InChI is InChI=1S/C20H17FN4O4/c21-14(12-23-24-22)11-20(19(28)29,10-13-6-2-1-3-7-13)25-17(26)15-8-4-5-9-16(15)18(25)27/h1-9,14H,10-12H2,(H,28,29)/t14?,20-/m0/s1. The molecule has 2 aromatic rings. The predicted octanol–water partition coefficient (Wildman–Crippen LogP) is 3.39. The first-order chi connectivity index (χ1) is 13.9. The molecule has 1 aliphatic heterocycles. The van der Waals surface area contributed by atoms with Crippen LogP contribution >= 0.6 is 0 Å². The fourth-order valence-corrected chi connectivity index (χ4v) is 3.57. The van der Waals surface area contributed by atoms with E-state index in [-0.39, 0.29) is 17.5 Å². The molecule has 29 heavy (non-hydrogen) atoms. The maximum atomic E-state index is 14.6. The zero-order valence-corrected chi connectivity index (χ0v) is 15.2. The molecule has 2 amide bonds. The molecule has 148 valence electrons. The van der Waals surface area contributed by atoms with Crippen LogP contribution in [0.25, 0.3) is 10.4 Å². The van der Waals surface area contributed by atoms with Crippen molar-refractivity contribution in [2.75, 3.05) is 6.54 Å². The molecule has 0 radical (unpaired) electrons. The van der Waals surface area contributed by atoms with E-state index in [1.165, 1.54) is 12.1 Å². The summed E-state index contributed by atoms with van der Waals surface area (Å²) in [5.41, 5.74) is 6.90. The molecule has 2 aromatic carbocycles. The van der Waals surface area contributed by atoms with Crippen LogP contribution in [0.1, 0.15) is 32.7 Å². The summed E-state index contributed by atoms with van der Waals surface area (Å²) < 4.78 is 14.6. The number of azide groups is 1. The molecule has 1 aliphatic rings. The number of benzene rings is 2. The highest BCUT2D eigenvalue weighted by Gasteiger charge is 2.54. The first kappa shape index (κ1) is 20.0. The molecule has 1 N–H and O–H groups in total. The summed E-state index contributed by atoms with van der Waals surface area (Å²) in [7, 11) is 0. The number of carbonyl (C=O) groups is 3. The SMILES string of the molecule is [N-]=[N+]=NCC(F)C[C@@](Cc1ccccc1)(C(=O)O)N1C(=O)c2ccccc2C1=O. The first-order valence-electron chi connectivity index (χ1n) is 8.81. The third-order valence-corrected chi connectivity index (χ3v) is 4.86. The van der Waals surface area contributed by atoms with Gasteiger partial charge < -0.3 is 5.11 Å². The summed E-state index contributed by atoms with van der Waals surface area (Å²) in [5, 5.41) is 13.3. The van der Waals surface area contributed by atoms with Gasteiger partial charge in [-0.1, -0.05) is 47.6 Å². The van der Waals surface area contributed by atoms with Crippen molar-refractivity contribution in [2.45, 2.75) is 24.6 Å². The Labute approximate surface area is 165 Å². The van der Waals surface area contributed by atoms with Crippen molar-refractivity contribution in [1.82, 2.24) is 4.90 Å². The first-order valence-corrected chi connectivity index (χ1v) is 8.81. The quantitative estimate of drug-likeness (QED) is 0.318. The van der Waals surface area contributed by atoms with E-state index in [4.69, 9.17) is 5.53 Å². The Hall–Kier alpha value is -3.71. The molecule has 0 aliphatic carbocycles. The van der Waals surface area contributed by atoms with Gasteiger partial charge in [0.15, 0.2) is 5.54 Å². The average Bonchev–Trinajstić information content (AvgIpc) is 2.97. The maximum absolute atomic E-state index is 14.6. The Morgan fingerprint density at radius 1 is 1.10 bits per heavy atom. The number of aliphatic carboxylic acids is 1. The molecule has 1 unspecified atom stereocenters. The van der Waals surface area contributed by atoms with Crippen LogP contribution in [0, 0.1) is 0 Å². The van der Waals surface area contributed by atoms with E-state index in [1.807, 2.05) is 0 Å². The zero-order valence-electron chi connectivity index (χ0n) is 15.2. The summed E-state index contributed by atoms with van der Waals surface area (Å²) in [6, 6.07) is 14.3. The molecule has 0 aromatic heterocycles. The lowest BCUT2D eigenvalue weighted by Crippen LogP contribution is -2.60. The maximum Gasteiger partial charge on any atom is 0.330 e. The fraction of sp³-hybridized carbons (Fsp3) is 0.250. The second-order valence-electron chi connectivity index (χ2n) is 6.71. The number of imide groups is 1. The summed E-state index contributed by atoms with van der Waals surface area (Å²) in [4.78, 5) is 41.5. The smallest absolute Gasteiger partial charge is 0.330 e. The van der Waals surface area contributed by atoms with Crippen LogP contribution in [0.2, 0.25) is 0 Å². The van der Waals surface area contributed by atoms with E-state index >= 15 is 0 Å². The summed E-state index contributed by atoms with van der Waals surface area (Å²) in [6.07, 6.45) is -2.86. The Bertz CT molecular complexity index is 972. The zero-order chi connectivity index (χ0) is 21.0. The van der Waals surface area contributed by atoms with Gasteiger partial charge in [-0.05, 0) is 23.2 Å². The Kier molecular flexibility index (Phi) is 5.61. The minimum Gasteiger partial charge on any atom is -0.479 e. The predicted molar refractivity (Wildman–Crippen MR) is 101 cm³/mol.